The summed E-state index contributed by atoms with van der Waals surface area (Å²) in [5, 5.41) is 0. The van der Waals surface area contributed by atoms with Crippen LogP contribution in [0.3, 0.4) is 0 Å². The number of carbonyl (C=O) groups is 3. The van der Waals surface area contributed by atoms with E-state index in [1.807, 2.05) is 0 Å². The Morgan fingerprint density at radius 2 is 1.75 bits per heavy atom. The van der Waals surface area contributed by atoms with E-state index in [4.69, 9.17) is 9.47 Å². The summed E-state index contributed by atoms with van der Waals surface area (Å²) in [6.45, 7) is 2.98. The second-order valence-electron chi connectivity index (χ2n) is 3.93. The fourth-order valence-corrected chi connectivity index (χ4v) is 1.48. The number of esters is 1. The molecule has 5 nitrogen and oxygen atoms in total. The largest absolute Gasteiger partial charge is 0.497 e. The SMILES string of the molecule is CCOC(=O)C(=CC(=O)c1ccc(OC)cc1)C(C)=O. The number of benzene rings is 1. The summed E-state index contributed by atoms with van der Waals surface area (Å²) < 4.78 is 9.72. The van der Waals surface area contributed by atoms with Gasteiger partial charge in [0.05, 0.1) is 13.7 Å². The third-order valence-electron chi connectivity index (χ3n) is 2.52. The van der Waals surface area contributed by atoms with Crippen molar-refractivity contribution in [1.82, 2.24) is 0 Å². The Morgan fingerprint density at radius 3 is 2.20 bits per heavy atom. The van der Waals surface area contributed by atoms with Crippen LogP contribution in [0.15, 0.2) is 35.9 Å². The predicted molar refractivity (Wildman–Crippen MR) is 72.7 cm³/mol. The van der Waals surface area contributed by atoms with Gasteiger partial charge in [-0.25, -0.2) is 4.79 Å². The van der Waals surface area contributed by atoms with E-state index in [2.05, 4.69) is 0 Å². The van der Waals surface area contributed by atoms with Gasteiger partial charge in [-0.15, -0.1) is 0 Å². The van der Waals surface area contributed by atoms with Crippen LogP contribution in [0.4, 0.5) is 0 Å². The van der Waals surface area contributed by atoms with E-state index in [1.54, 1.807) is 31.2 Å². The Hall–Kier alpha value is -2.43. The highest BCUT2D eigenvalue weighted by Crippen LogP contribution is 2.13. The lowest BCUT2D eigenvalue weighted by atomic mass is 10.1. The second-order valence-corrected chi connectivity index (χ2v) is 3.93. The summed E-state index contributed by atoms with van der Waals surface area (Å²) in [6.07, 6.45) is 1.00. The first kappa shape index (κ1) is 15.6. The van der Waals surface area contributed by atoms with Crippen LogP contribution in [0, 0.1) is 0 Å². The van der Waals surface area contributed by atoms with Crippen LogP contribution in [0.2, 0.25) is 0 Å². The molecular weight excluding hydrogens is 260 g/mol. The van der Waals surface area contributed by atoms with Crippen LogP contribution in [0.5, 0.6) is 5.75 Å². The molecule has 5 heteroatoms. The third-order valence-corrected chi connectivity index (χ3v) is 2.52. The van der Waals surface area contributed by atoms with Crippen molar-refractivity contribution < 1.29 is 23.9 Å². The van der Waals surface area contributed by atoms with Crippen LogP contribution in [0.25, 0.3) is 0 Å². The maximum absolute atomic E-state index is 12.0. The molecule has 0 saturated heterocycles. The Labute approximate surface area is 117 Å². The molecule has 0 heterocycles. The van der Waals surface area contributed by atoms with Crippen LogP contribution in [-0.2, 0) is 14.3 Å². The summed E-state index contributed by atoms with van der Waals surface area (Å²) in [5.41, 5.74) is 0.0986. The third kappa shape index (κ3) is 4.05. The summed E-state index contributed by atoms with van der Waals surface area (Å²) >= 11 is 0. The van der Waals surface area contributed by atoms with Gasteiger partial charge in [0.25, 0.3) is 0 Å². The normalized spacial score (nSPS) is 10.8. The van der Waals surface area contributed by atoms with Gasteiger partial charge < -0.3 is 9.47 Å². The molecule has 1 rings (SSSR count). The molecule has 0 amide bonds. The topological polar surface area (TPSA) is 69.7 Å². The zero-order valence-electron chi connectivity index (χ0n) is 11.6. The number of hydrogen-bond acceptors (Lipinski definition) is 5. The van der Waals surface area contributed by atoms with Crippen molar-refractivity contribution in [2.75, 3.05) is 13.7 Å². The monoisotopic (exact) mass is 276 g/mol. The van der Waals surface area contributed by atoms with Gasteiger partial charge in [-0.2, -0.15) is 0 Å². The molecule has 1 aromatic carbocycles. The van der Waals surface area contributed by atoms with E-state index in [0.717, 1.165) is 6.08 Å². The van der Waals surface area contributed by atoms with Gasteiger partial charge in [0, 0.05) is 11.6 Å². The van der Waals surface area contributed by atoms with Crippen molar-refractivity contribution in [1.29, 1.82) is 0 Å². The lowest BCUT2D eigenvalue weighted by molar-refractivity contribution is -0.139. The lowest BCUT2D eigenvalue weighted by Crippen LogP contribution is -2.15. The number of Topliss-reactive ketones (excluding diaryl/α,β-unsaturated/α-hetero) is 1. The van der Waals surface area contributed by atoms with E-state index in [9.17, 15) is 14.4 Å². The smallest absolute Gasteiger partial charge is 0.341 e. The number of ketones is 2. The molecule has 106 valence electrons. The highest BCUT2D eigenvalue weighted by atomic mass is 16.5. The number of rotatable bonds is 6. The number of carbonyl (C=O) groups excluding carboxylic acids is 3. The van der Waals surface area contributed by atoms with E-state index in [0.29, 0.717) is 11.3 Å². The highest BCUT2D eigenvalue weighted by Gasteiger charge is 2.17. The number of allylic oxidation sites excluding steroid dienone is 1. The summed E-state index contributed by atoms with van der Waals surface area (Å²) in [7, 11) is 1.52. The van der Waals surface area contributed by atoms with Crippen LogP contribution >= 0.6 is 0 Å². The summed E-state index contributed by atoms with van der Waals surface area (Å²) in [4.78, 5) is 34.9. The molecule has 0 radical (unpaired) electrons. The molecule has 0 spiro atoms. The molecule has 0 aromatic heterocycles. The fraction of sp³-hybridized carbons (Fsp3) is 0.267. The maximum atomic E-state index is 12.0. The zero-order chi connectivity index (χ0) is 15.1. The quantitative estimate of drug-likeness (QED) is 0.261. The van der Waals surface area contributed by atoms with E-state index in [-0.39, 0.29) is 12.2 Å². The standard InChI is InChI=1S/C15H16O5/c1-4-20-15(18)13(10(2)16)9-14(17)11-5-7-12(19-3)8-6-11/h5-9H,4H2,1-3H3. The zero-order valence-corrected chi connectivity index (χ0v) is 11.6. The minimum Gasteiger partial charge on any atom is -0.497 e. The molecule has 20 heavy (non-hydrogen) atoms. The number of methoxy groups -OCH3 is 1. The molecule has 0 N–H and O–H groups in total. The molecule has 0 bridgehead atoms. The highest BCUT2D eigenvalue weighted by molar-refractivity contribution is 6.21. The lowest BCUT2D eigenvalue weighted by Gasteiger charge is -2.04. The van der Waals surface area contributed by atoms with Crippen LogP contribution in [0.1, 0.15) is 24.2 Å². The first-order valence-electron chi connectivity index (χ1n) is 6.07. The molecular formula is C15H16O5. The van der Waals surface area contributed by atoms with Gasteiger partial charge in [-0.05, 0) is 38.1 Å². The Balaban J connectivity index is 3.00. The Kier molecular flexibility index (Phi) is 5.65. The Morgan fingerprint density at radius 1 is 1.15 bits per heavy atom. The van der Waals surface area contributed by atoms with Gasteiger partial charge in [0.2, 0.25) is 0 Å². The van der Waals surface area contributed by atoms with Crippen LogP contribution in [-0.4, -0.2) is 31.3 Å². The summed E-state index contributed by atoms with van der Waals surface area (Å²) in [6, 6.07) is 6.36. The average molecular weight is 276 g/mol. The minimum absolute atomic E-state index is 0.139. The molecule has 1 aromatic rings. The molecule has 0 unspecified atom stereocenters. The average Bonchev–Trinajstić information content (AvgIpc) is 2.44. The Bertz CT molecular complexity index is 540. The minimum atomic E-state index is -0.790. The first-order chi connectivity index (χ1) is 9.49. The van der Waals surface area contributed by atoms with Crippen molar-refractivity contribution in [2.24, 2.45) is 0 Å². The number of ether oxygens (including phenoxy) is 2. The van der Waals surface area contributed by atoms with Gasteiger partial charge in [-0.3, -0.25) is 9.59 Å². The van der Waals surface area contributed by atoms with E-state index < -0.39 is 17.5 Å². The van der Waals surface area contributed by atoms with E-state index >= 15 is 0 Å². The molecule has 0 saturated carbocycles. The van der Waals surface area contributed by atoms with Crippen molar-refractivity contribution in [3.05, 3.63) is 41.5 Å². The second kappa shape index (κ2) is 7.23. The van der Waals surface area contributed by atoms with Crippen molar-refractivity contribution in [3.63, 3.8) is 0 Å². The molecule has 0 aliphatic heterocycles. The van der Waals surface area contributed by atoms with Gasteiger partial charge in [0.1, 0.15) is 11.3 Å². The molecule has 0 aliphatic carbocycles. The summed E-state index contributed by atoms with van der Waals surface area (Å²) in [5.74, 6) is -1.12. The predicted octanol–water partition coefficient (Wildman–Crippen LogP) is 1.96. The molecule has 0 aliphatic rings. The van der Waals surface area contributed by atoms with Gasteiger partial charge in [-0.1, -0.05) is 0 Å². The van der Waals surface area contributed by atoms with Crippen molar-refractivity contribution in [3.8, 4) is 5.75 Å². The van der Waals surface area contributed by atoms with Gasteiger partial charge >= 0.3 is 5.97 Å². The van der Waals surface area contributed by atoms with Gasteiger partial charge in [0.15, 0.2) is 11.6 Å². The van der Waals surface area contributed by atoms with Crippen LogP contribution < -0.4 is 4.74 Å². The maximum Gasteiger partial charge on any atom is 0.341 e. The van der Waals surface area contributed by atoms with Crippen molar-refractivity contribution >= 4 is 17.5 Å². The number of hydrogen-bond donors (Lipinski definition) is 0. The first-order valence-corrected chi connectivity index (χ1v) is 6.07. The molecule has 0 fully saturated rings. The van der Waals surface area contributed by atoms with E-state index in [1.165, 1.54) is 14.0 Å². The fourth-order valence-electron chi connectivity index (χ4n) is 1.48. The molecule has 0 atom stereocenters. The van der Waals surface area contributed by atoms with Crippen molar-refractivity contribution in [2.45, 2.75) is 13.8 Å².